The van der Waals surface area contributed by atoms with E-state index >= 15 is 0 Å². The second-order valence-electron chi connectivity index (χ2n) is 13.4. The normalized spacial score (nSPS) is 16.6. The Hall–Kier alpha value is -6.35. The van der Waals surface area contributed by atoms with Crippen molar-refractivity contribution in [2.24, 2.45) is 0 Å². The molecular weight excluding hydrogens is 611 g/mol. The number of nitriles is 3. The van der Waals surface area contributed by atoms with E-state index in [2.05, 4.69) is 88.1 Å². The van der Waals surface area contributed by atoms with Gasteiger partial charge in [-0.2, -0.15) is 15.8 Å². The standard InChI is InChI=1S/C45H33N5/c46-26-29-10-7-12-32(24-29)49-42-23-22-30(27-47)25-39(42)37-18-8-17-36(45(37)49)34-14-3-2-13-33(34)35-16-9-21-43-44(35)38-15-4-6-20-41(38)50(43)40-19-5-1-11-31(40)28-48/h1,3-5,8,10-11,14-19,22-25H,2,6-7,9,12-13,20-21H2. The molecule has 2 heterocycles. The molecule has 0 atom stereocenters. The van der Waals surface area contributed by atoms with Crippen LogP contribution in [0.2, 0.25) is 0 Å². The molecule has 2 aromatic heterocycles. The molecule has 0 bridgehead atoms. The van der Waals surface area contributed by atoms with Crippen molar-refractivity contribution in [3.63, 3.8) is 0 Å². The van der Waals surface area contributed by atoms with Crippen LogP contribution in [0.4, 0.5) is 0 Å². The minimum Gasteiger partial charge on any atom is -0.315 e. The summed E-state index contributed by atoms with van der Waals surface area (Å²) in [5, 5.41) is 32.0. The van der Waals surface area contributed by atoms with E-state index in [4.69, 9.17) is 0 Å². The van der Waals surface area contributed by atoms with Gasteiger partial charge in [-0.3, -0.25) is 0 Å². The van der Waals surface area contributed by atoms with Crippen molar-refractivity contribution in [1.82, 2.24) is 9.13 Å². The molecule has 9 rings (SSSR count). The smallest absolute Gasteiger partial charge is 0.101 e. The summed E-state index contributed by atoms with van der Waals surface area (Å²) in [4.78, 5) is 0. The molecule has 0 saturated carbocycles. The summed E-state index contributed by atoms with van der Waals surface area (Å²) in [6, 6.07) is 27.7. The van der Waals surface area contributed by atoms with E-state index in [0.29, 0.717) is 16.7 Å². The third kappa shape index (κ3) is 4.50. The van der Waals surface area contributed by atoms with E-state index in [1.54, 1.807) is 0 Å². The van der Waals surface area contributed by atoms with Crippen molar-refractivity contribution in [3.8, 4) is 23.9 Å². The van der Waals surface area contributed by atoms with E-state index in [1.807, 2.05) is 42.5 Å². The van der Waals surface area contributed by atoms with Crippen LogP contribution in [-0.4, -0.2) is 9.13 Å². The highest BCUT2D eigenvalue weighted by atomic mass is 15.0. The summed E-state index contributed by atoms with van der Waals surface area (Å²) in [7, 11) is 0. The van der Waals surface area contributed by atoms with Gasteiger partial charge in [0.1, 0.15) is 6.07 Å². The highest BCUT2D eigenvalue weighted by Gasteiger charge is 2.31. The van der Waals surface area contributed by atoms with E-state index in [-0.39, 0.29) is 0 Å². The Kier molecular flexibility index (Phi) is 7.12. The lowest BCUT2D eigenvalue weighted by molar-refractivity contribution is 0.810. The van der Waals surface area contributed by atoms with Crippen molar-refractivity contribution in [3.05, 3.63) is 147 Å². The molecule has 5 aromatic rings. The molecular formula is C45H33N5. The first kappa shape index (κ1) is 29.8. The predicted molar refractivity (Wildman–Crippen MR) is 201 cm³/mol. The lowest BCUT2D eigenvalue weighted by Crippen LogP contribution is -2.10. The Balaban J connectivity index is 1.32. The number of nitrogens with zero attached hydrogens (tertiary/aromatic N) is 5. The molecule has 4 aliphatic rings. The monoisotopic (exact) mass is 643 g/mol. The van der Waals surface area contributed by atoms with E-state index in [0.717, 1.165) is 90.1 Å². The van der Waals surface area contributed by atoms with Gasteiger partial charge < -0.3 is 9.13 Å². The van der Waals surface area contributed by atoms with Gasteiger partial charge in [-0.25, -0.2) is 0 Å². The number of hydrogen-bond donors (Lipinski definition) is 0. The maximum atomic E-state index is 10.1. The van der Waals surface area contributed by atoms with Crippen LogP contribution in [0.1, 0.15) is 77.7 Å². The molecule has 0 radical (unpaired) electrons. The number of fused-ring (bicyclic) bond motifs is 6. The Labute approximate surface area is 291 Å². The van der Waals surface area contributed by atoms with Crippen LogP contribution in [0.25, 0.3) is 50.4 Å². The molecule has 50 heavy (non-hydrogen) atoms. The maximum absolute atomic E-state index is 10.1. The number of rotatable bonds is 4. The molecule has 0 amide bonds. The van der Waals surface area contributed by atoms with E-state index < -0.39 is 0 Å². The number of allylic oxidation sites excluding steroid dienone is 11. The van der Waals surface area contributed by atoms with Crippen LogP contribution in [0.3, 0.4) is 0 Å². The van der Waals surface area contributed by atoms with Gasteiger partial charge in [-0.15, -0.1) is 0 Å². The first-order chi connectivity index (χ1) is 24.7. The van der Waals surface area contributed by atoms with Crippen LogP contribution < -0.4 is 0 Å². The van der Waals surface area contributed by atoms with Crippen molar-refractivity contribution in [2.45, 2.75) is 51.4 Å². The van der Waals surface area contributed by atoms with Gasteiger partial charge in [0.05, 0.1) is 40.0 Å². The largest absolute Gasteiger partial charge is 0.315 e. The average Bonchev–Trinajstić information content (AvgIpc) is 3.70. The van der Waals surface area contributed by atoms with Crippen LogP contribution in [0.15, 0.2) is 108 Å². The molecule has 4 aliphatic carbocycles. The first-order valence-corrected chi connectivity index (χ1v) is 17.5. The fraction of sp³-hybridized carbons (Fsp3) is 0.178. The summed E-state index contributed by atoms with van der Waals surface area (Å²) in [5.41, 5.74) is 16.4. The fourth-order valence-corrected chi connectivity index (χ4v) is 8.65. The first-order valence-electron chi connectivity index (χ1n) is 17.5. The Morgan fingerprint density at radius 3 is 2.38 bits per heavy atom. The van der Waals surface area contributed by atoms with Gasteiger partial charge in [0.15, 0.2) is 0 Å². The molecule has 238 valence electrons. The minimum atomic E-state index is 0.634. The number of para-hydroxylation sites is 2. The van der Waals surface area contributed by atoms with Gasteiger partial charge in [0.25, 0.3) is 0 Å². The molecule has 0 aliphatic heterocycles. The van der Waals surface area contributed by atoms with Crippen molar-refractivity contribution >= 4 is 44.7 Å². The van der Waals surface area contributed by atoms with Gasteiger partial charge in [0.2, 0.25) is 0 Å². The molecule has 5 nitrogen and oxygen atoms in total. The highest BCUT2D eigenvalue weighted by molar-refractivity contribution is 6.15. The SMILES string of the molecule is N#CC1=CCCC(n2c3ccc(C#N)cc3c3cccc(C4=C(C5=CCCc6c5c5c(n6-c6ccccc6C#N)CCC=C5)CCC=C4)c32)=C1. The molecule has 0 saturated heterocycles. The maximum Gasteiger partial charge on any atom is 0.101 e. The average molecular weight is 644 g/mol. The third-order valence-electron chi connectivity index (χ3n) is 10.7. The molecule has 0 spiro atoms. The quantitative estimate of drug-likeness (QED) is 0.195. The summed E-state index contributed by atoms with van der Waals surface area (Å²) >= 11 is 0. The minimum absolute atomic E-state index is 0.634. The van der Waals surface area contributed by atoms with Gasteiger partial charge in [-0.1, -0.05) is 66.8 Å². The van der Waals surface area contributed by atoms with Gasteiger partial charge in [-0.05, 0) is 104 Å². The predicted octanol–water partition coefficient (Wildman–Crippen LogP) is 10.5. The number of aromatic nitrogens is 2. The fourth-order valence-electron chi connectivity index (χ4n) is 8.65. The Morgan fingerprint density at radius 2 is 1.50 bits per heavy atom. The van der Waals surface area contributed by atoms with Crippen molar-refractivity contribution in [2.75, 3.05) is 0 Å². The van der Waals surface area contributed by atoms with E-state index in [9.17, 15) is 15.8 Å². The summed E-state index contributed by atoms with van der Waals surface area (Å²) in [6.07, 6.45) is 23.0. The number of hydrogen-bond acceptors (Lipinski definition) is 3. The van der Waals surface area contributed by atoms with Crippen LogP contribution in [-0.2, 0) is 12.8 Å². The summed E-state index contributed by atoms with van der Waals surface area (Å²) < 4.78 is 4.75. The zero-order chi connectivity index (χ0) is 33.8. The highest BCUT2D eigenvalue weighted by Crippen LogP contribution is 2.48. The van der Waals surface area contributed by atoms with Gasteiger partial charge >= 0.3 is 0 Å². The molecule has 0 N–H and O–H groups in total. The van der Waals surface area contributed by atoms with Crippen LogP contribution >= 0.6 is 0 Å². The molecule has 0 fully saturated rings. The lowest BCUT2D eigenvalue weighted by atomic mass is 9.80. The van der Waals surface area contributed by atoms with Gasteiger partial charge in [0, 0.05) is 50.1 Å². The van der Waals surface area contributed by atoms with Crippen molar-refractivity contribution in [1.29, 1.82) is 15.8 Å². The van der Waals surface area contributed by atoms with Crippen LogP contribution in [0, 0.1) is 34.0 Å². The molecule has 5 heteroatoms. The Bertz CT molecular complexity index is 2620. The van der Waals surface area contributed by atoms with E-state index in [1.165, 1.54) is 39.2 Å². The zero-order valence-corrected chi connectivity index (χ0v) is 27.7. The van der Waals surface area contributed by atoms with Crippen LogP contribution in [0.5, 0.6) is 0 Å². The van der Waals surface area contributed by atoms with Crippen molar-refractivity contribution < 1.29 is 0 Å². The molecule has 3 aromatic carbocycles. The Morgan fingerprint density at radius 1 is 0.660 bits per heavy atom. The second kappa shape index (κ2) is 12.0. The summed E-state index contributed by atoms with van der Waals surface area (Å²) in [5.74, 6) is 0. The molecule has 0 unspecified atom stereocenters. The zero-order valence-electron chi connectivity index (χ0n) is 27.7. The third-order valence-corrected chi connectivity index (χ3v) is 10.7. The second-order valence-corrected chi connectivity index (χ2v) is 13.4. The number of benzene rings is 3. The summed E-state index contributed by atoms with van der Waals surface area (Å²) in [6.45, 7) is 0. The lowest BCUT2D eigenvalue weighted by Gasteiger charge is -2.25. The topological polar surface area (TPSA) is 81.2 Å².